The second-order valence-corrected chi connectivity index (χ2v) is 5.06. The number of ether oxygens (including phenoxy) is 1. The first-order valence-electron chi connectivity index (χ1n) is 6.99. The summed E-state index contributed by atoms with van der Waals surface area (Å²) in [5.74, 6) is 1.61. The third kappa shape index (κ3) is 2.39. The van der Waals surface area contributed by atoms with Crippen molar-refractivity contribution >= 4 is 0 Å². The first kappa shape index (κ1) is 13.1. The highest BCUT2D eigenvalue weighted by molar-refractivity contribution is 5.57. The van der Waals surface area contributed by atoms with Gasteiger partial charge in [-0.05, 0) is 38.4 Å². The Kier molecular flexibility index (Phi) is 3.65. The van der Waals surface area contributed by atoms with Crippen molar-refractivity contribution < 1.29 is 4.74 Å². The Labute approximate surface area is 119 Å². The largest absolute Gasteiger partial charge is 0.497 e. The Bertz CT molecular complexity index is 612. The van der Waals surface area contributed by atoms with Crippen LogP contribution in [0, 0.1) is 0 Å². The lowest BCUT2D eigenvalue weighted by Crippen LogP contribution is -2.22. The predicted octanol–water partition coefficient (Wildman–Crippen LogP) is 2.75. The number of hydrogen-bond donors (Lipinski definition) is 1. The molecule has 1 N–H and O–H groups in total. The van der Waals surface area contributed by atoms with Crippen LogP contribution in [0.2, 0.25) is 0 Å². The molecule has 4 heteroatoms. The zero-order valence-corrected chi connectivity index (χ0v) is 11.9. The third-order valence-electron chi connectivity index (χ3n) is 3.86. The van der Waals surface area contributed by atoms with Gasteiger partial charge < -0.3 is 10.1 Å². The van der Waals surface area contributed by atoms with Crippen LogP contribution in [0.25, 0.3) is 11.4 Å². The number of methoxy groups -OCH3 is 1. The standard InChI is InChI=1S/C16H19N3O/c1-17-14-7-4-8-15-13(14)10-18-16(19-15)11-5-3-6-12(9-11)20-2/h3,5-6,9-10,14,17H,4,7-8H2,1-2H3. The van der Waals surface area contributed by atoms with Crippen LogP contribution in [0.4, 0.5) is 0 Å². The van der Waals surface area contributed by atoms with Crippen molar-refractivity contribution in [3.05, 3.63) is 41.7 Å². The molecule has 0 aliphatic heterocycles. The van der Waals surface area contributed by atoms with Crippen LogP contribution in [-0.4, -0.2) is 24.1 Å². The Balaban J connectivity index is 1.99. The molecule has 1 heterocycles. The van der Waals surface area contributed by atoms with E-state index in [1.165, 1.54) is 17.7 Å². The maximum Gasteiger partial charge on any atom is 0.159 e. The van der Waals surface area contributed by atoms with Crippen LogP contribution in [0.1, 0.15) is 30.1 Å². The molecule has 0 saturated carbocycles. The van der Waals surface area contributed by atoms with Crippen molar-refractivity contribution in [2.75, 3.05) is 14.2 Å². The van der Waals surface area contributed by atoms with Gasteiger partial charge in [-0.25, -0.2) is 9.97 Å². The average molecular weight is 269 g/mol. The maximum absolute atomic E-state index is 5.26. The van der Waals surface area contributed by atoms with E-state index < -0.39 is 0 Å². The molecule has 3 rings (SSSR count). The number of nitrogens with one attached hydrogen (secondary N) is 1. The molecule has 4 nitrogen and oxygen atoms in total. The summed E-state index contributed by atoms with van der Waals surface area (Å²) in [5, 5.41) is 3.34. The van der Waals surface area contributed by atoms with E-state index >= 15 is 0 Å². The lowest BCUT2D eigenvalue weighted by atomic mass is 9.92. The molecule has 0 bridgehead atoms. The lowest BCUT2D eigenvalue weighted by molar-refractivity contribution is 0.415. The Hall–Kier alpha value is -1.94. The molecule has 0 radical (unpaired) electrons. The molecule has 1 aliphatic carbocycles. The molecule has 2 aromatic rings. The summed E-state index contributed by atoms with van der Waals surface area (Å²) in [7, 11) is 3.67. The van der Waals surface area contributed by atoms with Crippen molar-refractivity contribution in [3.63, 3.8) is 0 Å². The minimum absolute atomic E-state index is 0.387. The second kappa shape index (κ2) is 5.59. The van der Waals surface area contributed by atoms with Gasteiger partial charge in [-0.2, -0.15) is 0 Å². The van der Waals surface area contributed by atoms with Crippen LogP contribution in [0.5, 0.6) is 5.75 Å². The number of fused-ring (bicyclic) bond motifs is 1. The fraction of sp³-hybridized carbons (Fsp3) is 0.375. The van der Waals surface area contributed by atoms with Crippen LogP contribution >= 0.6 is 0 Å². The molecule has 104 valence electrons. The highest BCUT2D eigenvalue weighted by atomic mass is 16.5. The highest BCUT2D eigenvalue weighted by Crippen LogP contribution is 2.29. The Morgan fingerprint density at radius 1 is 1.35 bits per heavy atom. The lowest BCUT2D eigenvalue weighted by Gasteiger charge is -2.24. The van der Waals surface area contributed by atoms with Gasteiger partial charge in [0.15, 0.2) is 5.82 Å². The Morgan fingerprint density at radius 2 is 2.25 bits per heavy atom. The fourth-order valence-electron chi connectivity index (χ4n) is 2.75. The summed E-state index contributed by atoms with van der Waals surface area (Å²) < 4.78 is 5.26. The van der Waals surface area contributed by atoms with Gasteiger partial charge in [-0.1, -0.05) is 12.1 Å². The molecular formula is C16H19N3O. The number of rotatable bonds is 3. The van der Waals surface area contributed by atoms with E-state index in [1.54, 1.807) is 7.11 Å². The van der Waals surface area contributed by atoms with Crippen LogP contribution in [-0.2, 0) is 6.42 Å². The summed E-state index contributed by atoms with van der Waals surface area (Å²) in [6, 6.07) is 8.27. The minimum Gasteiger partial charge on any atom is -0.497 e. The van der Waals surface area contributed by atoms with Crippen molar-refractivity contribution in [1.29, 1.82) is 0 Å². The van der Waals surface area contributed by atoms with Gasteiger partial charge in [-0.3, -0.25) is 0 Å². The first-order valence-corrected chi connectivity index (χ1v) is 6.99. The van der Waals surface area contributed by atoms with Crippen molar-refractivity contribution in [3.8, 4) is 17.1 Å². The topological polar surface area (TPSA) is 47.0 Å². The van der Waals surface area contributed by atoms with E-state index in [-0.39, 0.29) is 0 Å². The second-order valence-electron chi connectivity index (χ2n) is 5.06. The number of aromatic nitrogens is 2. The molecule has 0 spiro atoms. The van der Waals surface area contributed by atoms with E-state index in [2.05, 4.69) is 10.3 Å². The quantitative estimate of drug-likeness (QED) is 0.930. The summed E-state index contributed by atoms with van der Waals surface area (Å²) >= 11 is 0. The summed E-state index contributed by atoms with van der Waals surface area (Å²) in [6.07, 6.45) is 5.34. The van der Waals surface area contributed by atoms with Gasteiger partial charge in [0.2, 0.25) is 0 Å². The number of nitrogens with zero attached hydrogens (tertiary/aromatic N) is 2. The molecule has 0 amide bonds. The molecule has 1 aromatic heterocycles. The zero-order valence-electron chi connectivity index (χ0n) is 11.9. The molecule has 1 aromatic carbocycles. The summed E-state index contributed by atoms with van der Waals surface area (Å²) in [5.41, 5.74) is 3.41. The molecule has 20 heavy (non-hydrogen) atoms. The van der Waals surface area contributed by atoms with Crippen molar-refractivity contribution in [2.24, 2.45) is 0 Å². The number of hydrogen-bond acceptors (Lipinski definition) is 4. The Morgan fingerprint density at radius 3 is 3.05 bits per heavy atom. The summed E-state index contributed by atoms with van der Waals surface area (Å²) in [6.45, 7) is 0. The monoisotopic (exact) mass is 269 g/mol. The number of aryl methyl sites for hydroxylation is 1. The predicted molar refractivity (Wildman–Crippen MR) is 78.8 cm³/mol. The van der Waals surface area contributed by atoms with Crippen molar-refractivity contribution in [2.45, 2.75) is 25.3 Å². The van der Waals surface area contributed by atoms with E-state index in [1.807, 2.05) is 37.5 Å². The fourth-order valence-corrected chi connectivity index (χ4v) is 2.75. The average Bonchev–Trinajstić information content (AvgIpc) is 2.53. The molecule has 1 aliphatic rings. The summed E-state index contributed by atoms with van der Waals surface area (Å²) in [4.78, 5) is 9.28. The van der Waals surface area contributed by atoms with Crippen LogP contribution in [0.15, 0.2) is 30.5 Å². The van der Waals surface area contributed by atoms with Gasteiger partial charge in [0.25, 0.3) is 0 Å². The SMILES string of the molecule is CNC1CCCc2nc(-c3cccc(OC)c3)ncc21. The molecule has 1 atom stereocenters. The first-order chi connectivity index (χ1) is 9.81. The van der Waals surface area contributed by atoms with Crippen molar-refractivity contribution in [1.82, 2.24) is 15.3 Å². The van der Waals surface area contributed by atoms with E-state index in [4.69, 9.17) is 9.72 Å². The van der Waals surface area contributed by atoms with Crippen LogP contribution in [0.3, 0.4) is 0 Å². The molecular weight excluding hydrogens is 250 g/mol. The highest BCUT2D eigenvalue weighted by Gasteiger charge is 2.21. The van der Waals surface area contributed by atoms with Gasteiger partial charge in [0.1, 0.15) is 5.75 Å². The van der Waals surface area contributed by atoms with E-state index in [0.29, 0.717) is 6.04 Å². The van der Waals surface area contributed by atoms with Crippen LogP contribution < -0.4 is 10.1 Å². The van der Waals surface area contributed by atoms with E-state index in [0.717, 1.165) is 30.0 Å². The van der Waals surface area contributed by atoms with Gasteiger partial charge in [-0.15, -0.1) is 0 Å². The van der Waals surface area contributed by atoms with Gasteiger partial charge in [0.05, 0.1) is 7.11 Å². The molecule has 1 unspecified atom stereocenters. The van der Waals surface area contributed by atoms with Gasteiger partial charge in [0, 0.05) is 29.1 Å². The maximum atomic E-state index is 5.26. The van der Waals surface area contributed by atoms with Gasteiger partial charge >= 0.3 is 0 Å². The van der Waals surface area contributed by atoms with E-state index in [9.17, 15) is 0 Å². The normalized spacial score (nSPS) is 17.6. The zero-order chi connectivity index (χ0) is 13.9. The smallest absolute Gasteiger partial charge is 0.159 e. The third-order valence-corrected chi connectivity index (χ3v) is 3.86. The minimum atomic E-state index is 0.387. The number of benzene rings is 1. The molecule has 0 saturated heterocycles. The molecule has 0 fully saturated rings.